The van der Waals surface area contributed by atoms with Crippen molar-refractivity contribution in [2.24, 2.45) is 5.41 Å². The number of tetrazole rings is 2. The molecule has 130 heavy (non-hydrogen) atoms. The van der Waals surface area contributed by atoms with Crippen LogP contribution in [0.3, 0.4) is 0 Å². The lowest BCUT2D eigenvalue weighted by atomic mass is 9.94. The van der Waals surface area contributed by atoms with E-state index in [2.05, 4.69) is 231 Å². The second-order valence-electron chi connectivity index (χ2n) is 37.1. The monoisotopic (exact) mass is 1870 g/mol. The Labute approximate surface area is 780 Å². The number of carboxylic acids is 5. The van der Waals surface area contributed by atoms with Crippen molar-refractivity contribution in [3.8, 4) is 0 Å². The van der Waals surface area contributed by atoms with Gasteiger partial charge in [0.25, 0.3) is 0 Å². The van der Waals surface area contributed by atoms with Crippen LogP contribution in [0.2, 0.25) is 0 Å². The number of rotatable bonds is 41. The van der Waals surface area contributed by atoms with E-state index < -0.39 is 59.1 Å². The van der Waals surface area contributed by atoms with Gasteiger partial charge in [0.05, 0.1) is 68.5 Å². The Kier molecular flexibility index (Phi) is 85.8. The van der Waals surface area contributed by atoms with Crippen molar-refractivity contribution >= 4 is 35.8 Å². The molecule has 41 nitrogen and oxygen atoms in total. The normalized spacial score (nSPS) is 15.6. The fourth-order valence-corrected chi connectivity index (χ4v) is 10.2. The highest BCUT2D eigenvalue weighted by Crippen LogP contribution is 2.20. The van der Waals surface area contributed by atoms with Crippen LogP contribution in [0.25, 0.3) is 0 Å². The third-order valence-corrected chi connectivity index (χ3v) is 17.9. The number of nitrogens with one attached hydrogen (secondary N) is 14. The molecule has 3 aromatic heterocycles. The van der Waals surface area contributed by atoms with Gasteiger partial charge in [-0.15, -0.1) is 10.2 Å². The summed E-state index contributed by atoms with van der Waals surface area (Å²) in [6, 6.07) is 9.00. The van der Waals surface area contributed by atoms with Crippen molar-refractivity contribution in [2.75, 3.05) is 91.8 Å². The molecule has 0 bridgehead atoms. The van der Waals surface area contributed by atoms with Crippen LogP contribution in [0, 0.1) is 5.41 Å². The standard InChI is InChI=1S/C9H17NO2.C8H16N2O.C8H14N2.C8H17NO2.2C7H15NO3.C7H17NO.C6H13N5O.C6H13NO3.C6H13NO.C6H13N.C5H11N5.C5H13NO.CH4/c1-7(2)10-6-4-3-5-8(10)9(11)12;1-6(2)9-5-7-3-4-8(11)10-7;1-7(2)10-6-8-4-3-5-9-8;1-6(2)9-5-8(3,4)7(10)11;2*1-5(2)8-4-6(9)3-7(10)11;1-6(2)8-5-7(3,4)9;1-5(2)7-3-4-11-6(12)8-9-10-11;1-4(2)7-5(3-8)6(9)10;1-5(2)7-3-6(8)4-7;1-6(2)7-4-3-5-7;1-4(2)6-3-5-7-9-10-8-5;1-5(2)6-3-4-7;/h7-8H,3-6H2,1-2H3,(H,11,12);6-7,9H,3-5H2,1-2H3,(H,10,11);3-5,7,9-10H,6H2,1-2H3;6,9H,5H2,1-4H3,(H,10,11);2*5-6,8-9H,3-4H2,1-2H3,(H,10,11);6,8-9H,5H2,1-4H3;5,7H,3-4H2,1-2H3,(H,8,10,12);4-5,7-8H,3H2,1-2H3,(H,9,10);5-6,8H,3-4H2,1-2H3;6H,3-5H2,1-2H3;4,6H,3H2,1-2H3,(H,7,8,9,10);5-7H,3-4H2,1-2H3;1H4/t8-;;;;2*6-;;;5-;;;;;/m0...00..0...../s1. The Morgan fingerprint density at radius 2 is 1.03 bits per heavy atom. The Bertz CT molecular complexity index is 3090. The molecule has 25 N–H and O–H groups in total. The van der Waals surface area contributed by atoms with E-state index in [1.165, 1.54) is 29.9 Å². The van der Waals surface area contributed by atoms with E-state index in [1.54, 1.807) is 27.7 Å². The van der Waals surface area contributed by atoms with E-state index in [-0.39, 0.29) is 75.4 Å². The number of carboxylic acid groups (broad SMARTS) is 5. The molecule has 770 valence electrons. The Morgan fingerprint density at radius 3 is 1.32 bits per heavy atom. The van der Waals surface area contributed by atoms with Crippen LogP contribution in [0.5, 0.6) is 0 Å². The van der Waals surface area contributed by atoms with Crippen LogP contribution >= 0.6 is 0 Å². The fourth-order valence-electron chi connectivity index (χ4n) is 10.2. The van der Waals surface area contributed by atoms with E-state index in [9.17, 15) is 38.7 Å². The summed E-state index contributed by atoms with van der Waals surface area (Å²) >= 11 is 0. The number of likely N-dealkylation sites (tertiary alicyclic amines) is 3. The first-order valence-corrected chi connectivity index (χ1v) is 46.1. The van der Waals surface area contributed by atoms with Gasteiger partial charge in [0.1, 0.15) is 12.1 Å². The number of aliphatic hydroxyl groups is 6. The number of aliphatic carboxylic acids is 5. The highest BCUT2D eigenvalue weighted by molar-refractivity contribution is 5.78. The second kappa shape index (κ2) is 81.8. The molecule has 7 heterocycles. The molecule has 0 radical (unpaired) electrons. The van der Waals surface area contributed by atoms with E-state index in [1.807, 2.05) is 81.5 Å². The summed E-state index contributed by atoms with van der Waals surface area (Å²) < 4.78 is 1.29. The number of aromatic nitrogens is 9. The summed E-state index contributed by atoms with van der Waals surface area (Å²) in [7, 11) is 0. The highest BCUT2D eigenvalue weighted by atomic mass is 16.4. The quantitative estimate of drug-likeness (QED) is 0.0372. The van der Waals surface area contributed by atoms with E-state index >= 15 is 0 Å². The lowest BCUT2D eigenvalue weighted by Gasteiger charge is -2.38. The number of aliphatic hydroxyl groups excluding tert-OH is 5. The molecule has 4 aliphatic rings. The maximum atomic E-state index is 10.8. The summed E-state index contributed by atoms with van der Waals surface area (Å²) in [5, 5.41) is 152. The van der Waals surface area contributed by atoms with Crippen molar-refractivity contribution < 1.29 is 84.9 Å². The zero-order valence-corrected chi connectivity index (χ0v) is 84.7. The lowest BCUT2D eigenvalue weighted by molar-refractivity contribution is -0.147. The van der Waals surface area contributed by atoms with Crippen LogP contribution in [0.15, 0.2) is 23.1 Å². The zero-order valence-electron chi connectivity index (χ0n) is 84.7. The Hall–Kier alpha value is -6.72. The van der Waals surface area contributed by atoms with Gasteiger partial charge in [-0.1, -0.05) is 158 Å². The van der Waals surface area contributed by atoms with E-state index in [0.29, 0.717) is 118 Å². The minimum atomic E-state index is -1.02. The molecule has 5 atom stereocenters. The number of aromatic amines is 3. The topological polar surface area (TPSA) is 601 Å². The van der Waals surface area contributed by atoms with Crippen molar-refractivity contribution in [1.82, 2.24) is 119 Å². The number of H-pyrrole nitrogens is 3. The smallest absolute Gasteiger partial charge is 0.361 e. The number of carbonyl (C=O) groups excluding carboxylic acids is 1. The van der Waals surface area contributed by atoms with Gasteiger partial charge in [-0.3, -0.25) is 38.6 Å². The minimum Gasteiger partial charge on any atom is -0.481 e. The molecule has 0 aromatic carbocycles. The van der Waals surface area contributed by atoms with Crippen molar-refractivity contribution in [2.45, 2.75) is 407 Å². The average Bonchev–Trinajstić information content (AvgIpc) is 1.41. The summed E-state index contributed by atoms with van der Waals surface area (Å²) in [6.45, 7) is 71.8. The number of hydrogen-bond acceptors (Lipinski definition) is 31. The Morgan fingerprint density at radius 1 is 0.554 bits per heavy atom. The maximum absolute atomic E-state index is 10.8. The van der Waals surface area contributed by atoms with Crippen LogP contribution in [-0.2, 0) is 48.4 Å². The molecule has 0 spiro atoms. The highest BCUT2D eigenvalue weighted by Gasteiger charge is 2.31. The molecular weight excluding hydrogens is 1680 g/mol. The van der Waals surface area contributed by atoms with Gasteiger partial charge in [0, 0.05) is 168 Å². The molecule has 4 saturated heterocycles. The molecule has 4 fully saturated rings. The SMILES string of the molecule is C.CC(C)N1CC(O)C1.CC(C)N1CCC1.CC(C)N1CCCC[C@H]1C(=O)O.CC(C)NCC(C)(C)C(=O)O.CC(C)NCC(C)(C)O.CC(C)NCC1CCC(=O)N1.CC(C)NCCO.CC(C)NCCn1nn[nH]c1=O.CC(C)NC[C@@H](O)CC(=O)O.CC(C)NC[C@@H](O)CC(=O)O.CC(C)NCc1ccc[nH]1.CC(C)NCc1nn[nH]n1.CC(C)N[C@@H](CO)C(=O)O. The van der Waals surface area contributed by atoms with Gasteiger partial charge in [0.15, 0.2) is 5.82 Å². The maximum Gasteiger partial charge on any atom is 0.361 e. The molecule has 1 amide bonds. The van der Waals surface area contributed by atoms with Gasteiger partial charge in [-0.2, -0.15) is 9.90 Å². The average molecular weight is 1870 g/mol. The molecular formula is C89H191N23O18. The third-order valence-electron chi connectivity index (χ3n) is 17.9. The van der Waals surface area contributed by atoms with Gasteiger partial charge in [-0.05, 0) is 137 Å². The lowest BCUT2D eigenvalue weighted by Crippen LogP contribution is -2.53. The van der Waals surface area contributed by atoms with Crippen LogP contribution in [0.1, 0.15) is 278 Å². The van der Waals surface area contributed by atoms with Crippen molar-refractivity contribution in [3.05, 3.63) is 40.3 Å². The zero-order chi connectivity index (χ0) is 101. The van der Waals surface area contributed by atoms with Gasteiger partial charge in [-0.25, -0.2) is 9.89 Å². The number of carbonyl (C=O) groups is 6. The van der Waals surface area contributed by atoms with Crippen molar-refractivity contribution in [3.63, 3.8) is 0 Å². The first-order valence-electron chi connectivity index (χ1n) is 46.1. The number of β-amino-alcohol motifs (C(OH)–C–C–N with tert-alkyl or cyclic N) is 1. The first-order chi connectivity index (χ1) is 59.7. The van der Waals surface area contributed by atoms with Gasteiger partial charge in [0.2, 0.25) is 5.91 Å². The van der Waals surface area contributed by atoms with Crippen LogP contribution in [0.4, 0.5) is 0 Å². The summed E-state index contributed by atoms with van der Waals surface area (Å²) in [5.41, 5.74) is -0.261. The fraction of sp³-hybridized carbons (Fsp3) is 0.865. The molecule has 0 saturated carbocycles. The van der Waals surface area contributed by atoms with Crippen LogP contribution < -0.4 is 64.2 Å². The predicted molar refractivity (Wildman–Crippen MR) is 519 cm³/mol. The van der Waals surface area contributed by atoms with Gasteiger partial charge < -0.3 is 125 Å². The summed E-state index contributed by atoms with van der Waals surface area (Å²) in [6.07, 6.45) is 6.05. The number of amides is 1. The predicted octanol–water partition coefficient (Wildman–Crippen LogP) is 4.48. The first kappa shape index (κ1) is 136. The number of piperidine rings is 1. The number of hydrogen-bond donors (Lipinski definition) is 25. The third kappa shape index (κ3) is 91.8. The molecule has 3 aromatic rings. The largest absolute Gasteiger partial charge is 0.481 e. The van der Waals surface area contributed by atoms with Crippen LogP contribution in [-0.4, -0.2) is 365 Å². The van der Waals surface area contributed by atoms with E-state index in [4.69, 9.17) is 51.1 Å². The van der Waals surface area contributed by atoms with Gasteiger partial charge >= 0.3 is 35.5 Å². The number of nitrogens with zero attached hydrogens (tertiary/aromatic N) is 9. The summed E-state index contributed by atoms with van der Waals surface area (Å²) in [5.74, 6) is -3.48. The van der Waals surface area contributed by atoms with Crippen molar-refractivity contribution in [1.29, 1.82) is 0 Å². The second-order valence-corrected chi connectivity index (χ2v) is 37.1. The molecule has 0 aliphatic carbocycles. The molecule has 4 aliphatic heterocycles. The van der Waals surface area contributed by atoms with E-state index in [0.717, 1.165) is 71.0 Å². The summed E-state index contributed by atoms with van der Waals surface area (Å²) in [4.78, 5) is 83.3. The molecule has 1 unspecified atom stereocenters. The molecule has 7 rings (SSSR count). The molecule has 41 heteroatoms. The Balaban J connectivity index is -0.000000253. The minimum absolute atomic E-state index is 0.